The Bertz CT molecular complexity index is 1510. The molecule has 33 heavy (non-hydrogen) atoms. The number of nitrogens with zero attached hydrogens (tertiary/aromatic N) is 5. The molecule has 5 rings (SSSR count). The summed E-state index contributed by atoms with van der Waals surface area (Å²) in [5.74, 6) is 0.162. The molecule has 0 atom stereocenters. The number of aryl methyl sites for hydroxylation is 2. The monoisotopic (exact) mass is 446 g/mol. The molecule has 4 aromatic rings. The minimum atomic E-state index is -0.434. The number of likely N-dealkylation sites (tertiary alicyclic amines) is 1. The van der Waals surface area contributed by atoms with Gasteiger partial charge in [0.25, 0.3) is 5.56 Å². The van der Waals surface area contributed by atoms with Crippen LogP contribution in [0.3, 0.4) is 0 Å². The average Bonchev–Trinajstić information content (AvgIpc) is 3.06. The first-order valence-electron chi connectivity index (χ1n) is 10.6. The highest BCUT2D eigenvalue weighted by Crippen LogP contribution is 2.23. The summed E-state index contributed by atoms with van der Waals surface area (Å²) < 4.78 is 8.30. The molecule has 1 saturated heterocycles. The lowest BCUT2D eigenvalue weighted by molar-refractivity contribution is -0.132. The summed E-state index contributed by atoms with van der Waals surface area (Å²) in [7, 11) is 1.64. The fraction of sp³-hybridized carbons (Fsp3) is 0.261. The molecule has 1 aromatic carbocycles. The molecule has 0 saturated carbocycles. The van der Waals surface area contributed by atoms with Gasteiger partial charge in [0, 0.05) is 56.1 Å². The first kappa shape index (κ1) is 20.7. The fourth-order valence-electron chi connectivity index (χ4n) is 4.06. The van der Waals surface area contributed by atoms with Crippen LogP contribution in [0.15, 0.2) is 63.2 Å². The second-order valence-corrected chi connectivity index (χ2v) is 8.13. The molecule has 0 aliphatic carbocycles. The van der Waals surface area contributed by atoms with Crippen LogP contribution in [0.25, 0.3) is 22.1 Å². The smallest absolute Gasteiger partial charge is 0.408 e. The Hall–Kier alpha value is -4.21. The maximum absolute atomic E-state index is 12.6. The zero-order valence-electron chi connectivity index (χ0n) is 18.0. The van der Waals surface area contributed by atoms with Crippen molar-refractivity contribution in [1.29, 1.82) is 0 Å². The third-order valence-corrected chi connectivity index (χ3v) is 5.98. The number of amides is 1. The molecule has 1 fully saturated rings. The first-order chi connectivity index (χ1) is 15.9. The molecule has 168 valence electrons. The van der Waals surface area contributed by atoms with Crippen LogP contribution in [-0.2, 0) is 18.4 Å². The van der Waals surface area contributed by atoms with E-state index in [2.05, 4.69) is 21.9 Å². The maximum Gasteiger partial charge on any atom is 0.419 e. The van der Waals surface area contributed by atoms with E-state index in [0.717, 1.165) is 11.8 Å². The van der Waals surface area contributed by atoms with Crippen LogP contribution < -0.4 is 16.6 Å². The van der Waals surface area contributed by atoms with Gasteiger partial charge < -0.3 is 14.6 Å². The van der Waals surface area contributed by atoms with Crippen molar-refractivity contribution in [1.82, 2.24) is 24.0 Å². The Morgan fingerprint density at radius 2 is 2.09 bits per heavy atom. The largest absolute Gasteiger partial charge is 0.419 e. The highest BCUT2D eigenvalue weighted by Gasteiger charge is 2.29. The summed E-state index contributed by atoms with van der Waals surface area (Å²) in [6.45, 7) is 5.35. The predicted molar refractivity (Wildman–Crippen MR) is 123 cm³/mol. The Balaban J connectivity index is 1.38. The molecule has 1 N–H and O–H groups in total. The molecule has 1 aliphatic rings. The zero-order valence-corrected chi connectivity index (χ0v) is 18.0. The summed E-state index contributed by atoms with van der Waals surface area (Å²) >= 11 is 0. The normalized spacial score (nSPS) is 13.9. The van der Waals surface area contributed by atoms with Crippen molar-refractivity contribution in [2.45, 2.75) is 13.0 Å². The third kappa shape index (κ3) is 3.79. The quantitative estimate of drug-likeness (QED) is 0.451. The zero-order chi connectivity index (χ0) is 23.1. The van der Waals surface area contributed by atoms with Gasteiger partial charge >= 0.3 is 5.76 Å². The van der Waals surface area contributed by atoms with Crippen molar-refractivity contribution in [3.63, 3.8) is 0 Å². The van der Waals surface area contributed by atoms with Gasteiger partial charge in [-0.25, -0.2) is 9.78 Å². The van der Waals surface area contributed by atoms with E-state index in [9.17, 15) is 14.4 Å². The molecule has 0 radical (unpaired) electrons. The van der Waals surface area contributed by atoms with Gasteiger partial charge in [0.05, 0.1) is 5.52 Å². The van der Waals surface area contributed by atoms with E-state index in [1.54, 1.807) is 47.0 Å². The lowest BCUT2D eigenvalue weighted by atomic mass is 9.96. The number of aromatic nitrogens is 4. The molecule has 4 heterocycles. The van der Waals surface area contributed by atoms with Crippen molar-refractivity contribution in [2.24, 2.45) is 13.0 Å². The molecule has 1 aliphatic heterocycles. The van der Waals surface area contributed by atoms with Gasteiger partial charge in [-0.1, -0.05) is 6.58 Å². The summed E-state index contributed by atoms with van der Waals surface area (Å²) in [6, 6.07) is 8.50. The van der Waals surface area contributed by atoms with Crippen LogP contribution in [0.1, 0.15) is 6.42 Å². The molecule has 10 heteroatoms. The van der Waals surface area contributed by atoms with Crippen molar-refractivity contribution in [3.8, 4) is 0 Å². The highest BCUT2D eigenvalue weighted by atomic mass is 16.4. The van der Waals surface area contributed by atoms with Gasteiger partial charge in [-0.2, -0.15) is 4.98 Å². The highest BCUT2D eigenvalue weighted by molar-refractivity contribution is 5.87. The number of carbonyl (C=O) groups excluding carboxylic acids is 1. The Morgan fingerprint density at radius 3 is 2.88 bits per heavy atom. The fourth-order valence-corrected chi connectivity index (χ4v) is 4.06. The molecular weight excluding hydrogens is 424 g/mol. The number of benzene rings is 1. The van der Waals surface area contributed by atoms with Crippen LogP contribution >= 0.6 is 0 Å². The van der Waals surface area contributed by atoms with Crippen LogP contribution in [-0.4, -0.2) is 43.0 Å². The van der Waals surface area contributed by atoms with Crippen LogP contribution in [0.5, 0.6) is 0 Å². The van der Waals surface area contributed by atoms with E-state index in [-0.39, 0.29) is 11.5 Å². The number of rotatable bonds is 6. The van der Waals surface area contributed by atoms with Crippen molar-refractivity contribution in [3.05, 3.63) is 70.1 Å². The minimum absolute atomic E-state index is 0.0648. The molecule has 0 bridgehead atoms. The number of pyridine rings is 1. The Kier molecular flexibility index (Phi) is 5.04. The van der Waals surface area contributed by atoms with E-state index in [0.29, 0.717) is 53.9 Å². The van der Waals surface area contributed by atoms with Gasteiger partial charge in [-0.3, -0.25) is 18.7 Å². The van der Waals surface area contributed by atoms with E-state index < -0.39 is 5.76 Å². The van der Waals surface area contributed by atoms with Gasteiger partial charge in [0.1, 0.15) is 5.65 Å². The Labute approximate surface area is 187 Å². The number of carbonyl (C=O) groups is 1. The van der Waals surface area contributed by atoms with Crippen LogP contribution in [0.2, 0.25) is 0 Å². The van der Waals surface area contributed by atoms with E-state index in [1.165, 1.54) is 16.7 Å². The first-order valence-corrected chi connectivity index (χ1v) is 10.6. The van der Waals surface area contributed by atoms with Crippen molar-refractivity contribution >= 4 is 39.7 Å². The Morgan fingerprint density at radius 1 is 1.27 bits per heavy atom. The lowest BCUT2D eigenvalue weighted by Crippen LogP contribution is -2.49. The van der Waals surface area contributed by atoms with Gasteiger partial charge in [-0.15, -0.1) is 0 Å². The topological polar surface area (TPSA) is 115 Å². The second-order valence-electron chi connectivity index (χ2n) is 8.13. The molecule has 1 amide bonds. The van der Waals surface area contributed by atoms with Crippen molar-refractivity contribution in [2.75, 3.05) is 18.4 Å². The van der Waals surface area contributed by atoms with Crippen LogP contribution in [0.4, 0.5) is 11.6 Å². The lowest BCUT2D eigenvalue weighted by Gasteiger charge is -2.38. The number of oxazole rings is 1. The molecule has 0 spiro atoms. The van der Waals surface area contributed by atoms with Gasteiger partial charge in [0.15, 0.2) is 5.58 Å². The molecule has 0 unspecified atom stereocenters. The van der Waals surface area contributed by atoms with Crippen LogP contribution in [0, 0.1) is 5.92 Å². The summed E-state index contributed by atoms with van der Waals surface area (Å²) in [5, 5.41) is 3.86. The summed E-state index contributed by atoms with van der Waals surface area (Å²) in [4.78, 5) is 46.6. The van der Waals surface area contributed by atoms with Crippen molar-refractivity contribution < 1.29 is 9.21 Å². The number of anilines is 2. The van der Waals surface area contributed by atoms with Gasteiger partial charge in [-0.05, 0) is 36.6 Å². The number of hydrogen-bond acceptors (Lipinski definition) is 7. The van der Waals surface area contributed by atoms with E-state index in [1.807, 2.05) is 0 Å². The average molecular weight is 446 g/mol. The van der Waals surface area contributed by atoms with E-state index >= 15 is 0 Å². The van der Waals surface area contributed by atoms with E-state index in [4.69, 9.17) is 4.42 Å². The molecular formula is C23H22N6O4. The predicted octanol–water partition coefficient (Wildman–Crippen LogP) is 2.01. The number of nitrogens with one attached hydrogen (secondary N) is 1. The SMILES string of the molecule is C=CC(=O)N1CC(CCn2c(=O)ccc3cnc(Nc4ccc5c(c4)oc(=O)n5C)nc32)C1. The number of fused-ring (bicyclic) bond motifs is 2. The van der Waals surface area contributed by atoms with Gasteiger partial charge in [0.2, 0.25) is 11.9 Å². The second kappa shape index (κ2) is 8.05. The summed E-state index contributed by atoms with van der Waals surface area (Å²) in [5.41, 5.74) is 2.18. The summed E-state index contributed by atoms with van der Waals surface area (Å²) in [6.07, 6.45) is 3.74. The number of hydrogen-bond donors (Lipinski definition) is 1. The third-order valence-electron chi connectivity index (χ3n) is 5.98. The maximum atomic E-state index is 12.6. The molecule has 3 aromatic heterocycles. The minimum Gasteiger partial charge on any atom is -0.408 e. The molecule has 10 nitrogen and oxygen atoms in total. The standard InChI is InChI=1S/C23H22N6O4/c1-3-19(30)28-12-14(13-28)8-9-29-20(31)7-4-15-11-24-22(26-21(15)29)25-16-5-6-17-18(10-16)33-23(32)27(17)2/h3-7,10-11,14H,1,8-9,12-13H2,2H3,(H,24,25,26).